The van der Waals surface area contributed by atoms with Crippen molar-refractivity contribution in [1.82, 2.24) is 10.2 Å². The summed E-state index contributed by atoms with van der Waals surface area (Å²) in [6.07, 6.45) is 2.89. The highest BCUT2D eigenvalue weighted by Crippen LogP contribution is 2.35. The summed E-state index contributed by atoms with van der Waals surface area (Å²) in [5.41, 5.74) is 0.765. The van der Waals surface area contributed by atoms with Crippen molar-refractivity contribution in [2.75, 3.05) is 25.6 Å². The summed E-state index contributed by atoms with van der Waals surface area (Å²) in [5.74, 6) is -1.54. The molecule has 0 bridgehead atoms. The molecule has 3 amide bonds. The number of halogens is 2. The summed E-state index contributed by atoms with van der Waals surface area (Å²) in [6.45, 7) is 3.40. The average Bonchev–Trinajstić information content (AvgIpc) is 2.80. The van der Waals surface area contributed by atoms with Crippen LogP contribution in [-0.2, 0) is 14.4 Å². The van der Waals surface area contributed by atoms with E-state index in [1.807, 2.05) is 0 Å². The van der Waals surface area contributed by atoms with E-state index in [0.29, 0.717) is 15.7 Å². The van der Waals surface area contributed by atoms with Crippen molar-refractivity contribution in [3.8, 4) is 11.5 Å². The summed E-state index contributed by atoms with van der Waals surface area (Å²) >= 11 is 8.43. The third-order valence-electron chi connectivity index (χ3n) is 4.57. The van der Waals surface area contributed by atoms with Gasteiger partial charge in [0.15, 0.2) is 23.2 Å². The third kappa shape index (κ3) is 5.86. The van der Waals surface area contributed by atoms with Gasteiger partial charge in [-0.05, 0) is 60.3 Å². The zero-order chi connectivity index (χ0) is 24.8. The van der Waals surface area contributed by atoms with E-state index in [1.165, 1.54) is 48.4 Å². The Hall–Kier alpha value is -3.57. The number of carbonyl (C=O) groups is 3. The zero-order valence-corrected chi connectivity index (χ0v) is 20.3. The molecule has 0 radical (unpaired) electrons. The maximum atomic E-state index is 13.0. The Morgan fingerprint density at radius 1 is 1.26 bits per heavy atom. The molecule has 176 valence electrons. The smallest absolute Gasteiger partial charge is 0.265 e. The Bertz CT molecular complexity index is 1200. The zero-order valence-electron chi connectivity index (χ0n) is 17.9. The molecule has 34 heavy (non-hydrogen) atoms. The maximum Gasteiger partial charge on any atom is 0.265 e. The number of hydrogen-bond acceptors (Lipinski definition) is 6. The highest BCUT2D eigenvalue weighted by molar-refractivity contribution is 9.10. The Morgan fingerprint density at radius 2 is 1.97 bits per heavy atom. The fourth-order valence-corrected chi connectivity index (χ4v) is 3.64. The van der Waals surface area contributed by atoms with Gasteiger partial charge in [0.1, 0.15) is 11.4 Å². The molecule has 0 aromatic heterocycles. The van der Waals surface area contributed by atoms with Crippen LogP contribution in [0, 0.1) is 5.82 Å². The monoisotopic (exact) mass is 547 g/mol. The van der Waals surface area contributed by atoms with Crippen molar-refractivity contribution in [1.29, 1.82) is 0 Å². The second-order valence-corrected chi connectivity index (χ2v) is 8.13. The summed E-state index contributed by atoms with van der Waals surface area (Å²) in [5, 5.41) is 5.07. The number of rotatable bonds is 8. The second kappa shape index (κ2) is 11.0. The van der Waals surface area contributed by atoms with Gasteiger partial charge in [-0.1, -0.05) is 22.0 Å². The van der Waals surface area contributed by atoms with E-state index >= 15 is 0 Å². The number of methoxy groups -OCH3 is 1. The molecule has 1 saturated heterocycles. The lowest BCUT2D eigenvalue weighted by Crippen LogP contribution is -2.53. The first kappa shape index (κ1) is 25.1. The first-order chi connectivity index (χ1) is 16.2. The largest absolute Gasteiger partial charge is 0.493 e. The van der Waals surface area contributed by atoms with E-state index in [4.69, 9.17) is 21.7 Å². The highest BCUT2D eigenvalue weighted by atomic mass is 79.9. The minimum atomic E-state index is -0.626. The van der Waals surface area contributed by atoms with Crippen molar-refractivity contribution in [3.05, 3.63) is 70.5 Å². The first-order valence-electron chi connectivity index (χ1n) is 9.79. The van der Waals surface area contributed by atoms with Gasteiger partial charge in [0.05, 0.1) is 7.11 Å². The number of benzene rings is 2. The summed E-state index contributed by atoms with van der Waals surface area (Å²) in [4.78, 5) is 38.5. The van der Waals surface area contributed by atoms with E-state index in [9.17, 15) is 18.8 Å². The minimum absolute atomic E-state index is 0.00589. The van der Waals surface area contributed by atoms with Crippen molar-refractivity contribution >= 4 is 62.7 Å². The quantitative estimate of drug-likeness (QED) is 0.227. The Kier molecular flexibility index (Phi) is 8.13. The number of hydrogen-bond donors (Lipinski definition) is 2. The fourth-order valence-electron chi connectivity index (χ4n) is 2.95. The van der Waals surface area contributed by atoms with Crippen LogP contribution in [0.15, 0.2) is 59.1 Å². The van der Waals surface area contributed by atoms with E-state index in [1.54, 1.807) is 12.1 Å². The number of nitrogens with zero attached hydrogens (tertiary/aromatic N) is 1. The maximum absolute atomic E-state index is 13.0. The van der Waals surface area contributed by atoms with Crippen molar-refractivity contribution in [3.63, 3.8) is 0 Å². The molecule has 3 rings (SSSR count). The lowest BCUT2D eigenvalue weighted by Gasteiger charge is -2.27. The molecule has 1 aliphatic heterocycles. The Morgan fingerprint density at radius 3 is 2.62 bits per heavy atom. The normalized spacial score (nSPS) is 14.6. The molecule has 11 heteroatoms. The molecule has 2 aromatic carbocycles. The molecule has 1 aliphatic rings. The van der Waals surface area contributed by atoms with Gasteiger partial charge in [0.2, 0.25) is 0 Å². The van der Waals surface area contributed by atoms with Crippen LogP contribution in [0.3, 0.4) is 0 Å². The van der Waals surface area contributed by atoms with E-state index in [2.05, 4.69) is 33.1 Å². The lowest BCUT2D eigenvalue weighted by atomic mass is 10.1. The van der Waals surface area contributed by atoms with Crippen molar-refractivity contribution in [2.45, 2.75) is 0 Å². The van der Waals surface area contributed by atoms with Gasteiger partial charge in [0, 0.05) is 16.7 Å². The topological polar surface area (TPSA) is 97.0 Å². The van der Waals surface area contributed by atoms with Gasteiger partial charge in [-0.3, -0.25) is 24.6 Å². The molecule has 2 aromatic rings. The van der Waals surface area contributed by atoms with Crippen molar-refractivity contribution < 1.29 is 28.2 Å². The average molecular weight is 548 g/mol. The number of nitrogens with one attached hydrogen (secondary N) is 2. The molecular weight excluding hydrogens is 529 g/mol. The molecule has 1 fully saturated rings. The molecule has 0 unspecified atom stereocenters. The molecule has 1 heterocycles. The number of anilines is 1. The summed E-state index contributed by atoms with van der Waals surface area (Å²) < 4.78 is 24.4. The first-order valence-corrected chi connectivity index (χ1v) is 11.0. The number of amides is 3. The predicted molar refractivity (Wildman–Crippen MR) is 132 cm³/mol. The number of carbonyl (C=O) groups excluding carboxylic acids is 3. The molecule has 0 aliphatic carbocycles. The van der Waals surface area contributed by atoms with Gasteiger partial charge in [-0.2, -0.15) is 0 Å². The van der Waals surface area contributed by atoms with Gasteiger partial charge >= 0.3 is 0 Å². The van der Waals surface area contributed by atoms with Crippen LogP contribution in [0.25, 0.3) is 6.08 Å². The van der Waals surface area contributed by atoms with Crippen LogP contribution in [0.1, 0.15) is 5.56 Å². The van der Waals surface area contributed by atoms with Crippen LogP contribution in [-0.4, -0.2) is 48.0 Å². The molecule has 0 spiro atoms. The third-order valence-corrected chi connectivity index (χ3v) is 5.58. The Labute approximate surface area is 208 Å². The van der Waals surface area contributed by atoms with Gasteiger partial charge in [-0.25, -0.2) is 4.39 Å². The molecule has 2 N–H and O–H groups in total. The van der Waals surface area contributed by atoms with Crippen LogP contribution in [0.2, 0.25) is 0 Å². The summed E-state index contributed by atoms with van der Waals surface area (Å²) in [7, 11) is 1.41. The fraction of sp³-hybridized carbons (Fsp3) is 0.130. The van der Waals surface area contributed by atoms with Crippen LogP contribution < -0.4 is 20.1 Å². The van der Waals surface area contributed by atoms with Gasteiger partial charge in [0.25, 0.3) is 17.7 Å². The standard InChI is InChI=1S/C23H19BrFN3O5S/c1-3-8-28-22(31)16(21(30)27-23(28)34)9-13-10-18(32-2)19(11-17(13)24)33-12-20(29)26-15-6-4-14(25)5-7-15/h3-7,9-11H,1,8,12H2,2H3,(H,26,29)(H,27,30,34). The summed E-state index contributed by atoms with van der Waals surface area (Å²) in [6, 6.07) is 8.41. The molecule has 0 saturated carbocycles. The Balaban J connectivity index is 1.78. The van der Waals surface area contributed by atoms with Gasteiger partial charge in [-0.15, -0.1) is 6.58 Å². The molecular formula is C23H19BrFN3O5S. The highest BCUT2D eigenvalue weighted by Gasteiger charge is 2.32. The SMILES string of the molecule is C=CCN1C(=O)C(=Cc2cc(OC)c(OCC(=O)Nc3ccc(F)cc3)cc2Br)C(=O)NC1=S. The lowest BCUT2D eigenvalue weighted by molar-refractivity contribution is -0.128. The van der Waals surface area contributed by atoms with Crippen LogP contribution in [0.4, 0.5) is 10.1 Å². The van der Waals surface area contributed by atoms with Gasteiger partial charge < -0.3 is 14.8 Å². The predicted octanol–water partition coefficient (Wildman–Crippen LogP) is 3.43. The second-order valence-electron chi connectivity index (χ2n) is 6.89. The van der Waals surface area contributed by atoms with E-state index < -0.39 is 23.5 Å². The van der Waals surface area contributed by atoms with Crippen molar-refractivity contribution in [2.24, 2.45) is 0 Å². The van der Waals surface area contributed by atoms with E-state index in [-0.39, 0.29) is 35.3 Å². The molecule has 0 atom stereocenters. The van der Waals surface area contributed by atoms with Crippen LogP contribution >= 0.6 is 28.1 Å². The molecule has 8 nitrogen and oxygen atoms in total. The number of thiocarbonyl (C=S) groups is 1. The minimum Gasteiger partial charge on any atom is -0.493 e. The van der Waals surface area contributed by atoms with Crippen LogP contribution in [0.5, 0.6) is 11.5 Å². The van der Waals surface area contributed by atoms with E-state index in [0.717, 1.165) is 0 Å². The number of ether oxygens (including phenoxy) is 2.